The van der Waals surface area contributed by atoms with Gasteiger partial charge in [-0.05, 0) is 36.0 Å². The molecule has 0 aromatic rings. The first-order valence-electron chi connectivity index (χ1n) is 5.36. The lowest BCUT2D eigenvalue weighted by Crippen LogP contribution is -2.37. The van der Waals surface area contributed by atoms with Crippen LogP contribution >= 0.6 is 0 Å². The largest absolute Gasteiger partial charge is 0.384 e. The molecule has 0 saturated heterocycles. The summed E-state index contributed by atoms with van der Waals surface area (Å²) in [4.78, 5) is 0. The first kappa shape index (κ1) is 11.0. The van der Waals surface area contributed by atoms with Crippen molar-refractivity contribution in [3.63, 3.8) is 0 Å². The van der Waals surface area contributed by atoms with Gasteiger partial charge in [0.05, 0.1) is 6.61 Å². The summed E-state index contributed by atoms with van der Waals surface area (Å²) in [7, 11) is 1.82. The predicted molar refractivity (Wildman–Crippen MR) is 56.8 cm³/mol. The van der Waals surface area contributed by atoms with Gasteiger partial charge >= 0.3 is 0 Å². The molecule has 1 heteroatoms. The molecule has 0 spiro atoms. The molecule has 1 saturated carbocycles. The number of hydrogen-bond donors (Lipinski definition) is 0. The highest BCUT2D eigenvalue weighted by Crippen LogP contribution is 2.48. The molecule has 0 aliphatic heterocycles. The molecule has 13 heavy (non-hydrogen) atoms. The summed E-state index contributed by atoms with van der Waals surface area (Å²) in [5, 5.41) is 0. The Kier molecular flexibility index (Phi) is 3.06. The van der Waals surface area contributed by atoms with Gasteiger partial charge < -0.3 is 4.74 Å². The van der Waals surface area contributed by atoms with E-state index in [4.69, 9.17) is 4.74 Å². The van der Waals surface area contributed by atoms with Crippen molar-refractivity contribution in [1.29, 1.82) is 0 Å². The molecular formula is C12H24O. The van der Waals surface area contributed by atoms with Crippen LogP contribution in [0.4, 0.5) is 0 Å². The molecule has 1 aliphatic carbocycles. The summed E-state index contributed by atoms with van der Waals surface area (Å²) in [6.45, 7) is 10.4. The number of ether oxygens (including phenoxy) is 1. The highest BCUT2D eigenvalue weighted by atomic mass is 16.5. The predicted octanol–water partition coefficient (Wildman–Crippen LogP) is 3.49. The SMILES string of the molecule is COCC1(C)CC(C)CC(C)(C)C1. The zero-order valence-electron chi connectivity index (χ0n) is 9.81. The lowest BCUT2D eigenvalue weighted by atomic mass is 9.61. The van der Waals surface area contributed by atoms with Crippen LogP contribution in [0.2, 0.25) is 0 Å². The van der Waals surface area contributed by atoms with Gasteiger partial charge in [0, 0.05) is 7.11 Å². The Morgan fingerprint density at radius 2 is 1.85 bits per heavy atom. The molecule has 1 rings (SSSR count). The van der Waals surface area contributed by atoms with E-state index in [0.717, 1.165) is 12.5 Å². The Bertz CT molecular complexity index is 174. The van der Waals surface area contributed by atoms with E-state index in [0.29, 0.717) is 10.8 Å². The van der Waals surface area contributed by atoms with Crippen LogP contribution in [0.15, 0.2) is 0 Å². The Morgan fingerprint density at radius 3 is 2.31 bits per heavy atom. The molecule has 0 amide bonds. The van der Waals surface area contributed by atoms with Crippen LogP contribution in [0.25, 0.3) is 0 Å². The van der Waals surface area contributed by atoms with Crippen molar-refractivity contribution in [1.82, 2.24) is 0 Å². The van der Waals surface area contributed by atoms with Crippen molar-refractivity contribution in [2.75, 3.05) is 13.7 Å². The van der Waals surface area contributed by atoms with Gasteiger partial charge in [0.25, 0.3) is 0 Å². The Hall–Kier alpha value is -0.0400. The molecule has 0 N–H and O–H groups in total. The third-order valence-corrected chi connectivity index (χ3v) is 3.14. The molecule has 1 fully saturated rings. The molecule has 78 valence electrons. The molecule has 0 aromatic carbocycles. The zero-order valence-corrected chi connectivity index (χ0v) is 9.81. The highest BCUT2D eigenvalue weighted by molar-refractivity contribution is 4.90. The van der Waals surface area contributed by atoms with Crippen LogP contribution < -0.4 is 0 Å². The van der Waals surface area contributed by atoms with Gasteiger partial charge in [-0.3, -0.25) is 0 Å². The lowest BCUT2D eigenvalue weighted by molar-refractivity contribution is -0.00306. The fourth-order valence-corrected chi connectivity index (χ4v) is 3.61. The zero-order chi connectivity index (χ0) is 10.1. The fraction of sp³-hybridized carbons (Fsp3) is 1.00. The molecule has 1 nitrogen and oxygen atoms in total. The maximum Gasteiger partial charge on any atom is 0.0516 e. The van der Waals surface area contributed by atoms with Crippen LogP contribution in [-0.4, -0.2) is 13.7 Å². The normalized spacial score (nSPS) is 39.0. The first-order valence-corrected chi connectivity index (χ1v) is 5.36. The summed E-state index contributed by atoms with van der Waals surface area (Å²) < 4.78 is 5.33. The minimum Gasteiger partial charge on any atom is -0.384 e. The standard InChI is InChI=1S/C12H24O/c1-10-6-11(2,3)8-12(4,7-10)9-13-5/h10H,6-9H2,1-5H3. The van der Waals surface area contributed by atoms with Crippen molar-refractivity contribution in [3.05, 3.63) is 0 Å². The van der Waals surface area contributed by atoms with E-state index >= 15 is 0 Å². The third kappa shape index (κ3) is 2.98. The lowest BCUT2D eigenvalue weighted by Gasteiger charge is -2.45. The highest BCUT2D eigenvalue weighted by Gasteiger charge is 2.39. The summed E-state index contributed by atoms with van der Waals surface area (Å²) in [6.07, 6.45) is 3.99. The second-order valence-electron chi connectivity index (χ2n) is 6.10. The van der Waals surface area contributed by atoms with E-state index < -0.39 is 0 Å². The van der Waals surface area contributed by atoms with E-state index in [2.05, 4.69) is 27.7 Å². The average molecular weight is 184 g/mol. The van der Waals surface area contributed by atoms with Gasteiger partial charge in [0.2, 0.25) is 0 Å². The summed E-state index contributed by atoms with van der Waals surface area (Å²) in [5.74, 6) is 0.851. The van der Waals surface area contributed by atoms with Gasteiger partial charge in [-0.25, -0.2) is 0 Å². The maximum atomic E-state index is 5.33. The van der Waals surface area contributed by atoms with E-state index in [-0.39, 0.29) is 0 Å². The molecule has 0 radical (unpaired) electrons. The monoisotopic (exact) mass is 184 g/mol. The molecule has 2 atom stereocenters. The van der Waals surface area contributed by atoms with E-state index in [9.17, 15) is 0 Å². The molecule has 1 aliphatic rings. The second kappa shape index (κ2) is 3.61. The second-order valence-corrected chi connectivity index (χ2v) is 6.10. The van der Waals surface area contributed by atoms with Crippen molar-refractivity contribution >= 4 is 0 Å². The molecule has 2 unspecified atom stereocenters. The van der Waals surface area contributed by atoms with Crippen LogP contribution in [0.3, 0.4) is 0 Å². The summed E-state index contributed by atoms with van der Waals surface area (Å²) in [5.41, 5.74) is 0.918. The minimum absolute atomic E-state index is 0.413. The van der Waals surface area contributed by atoms with Gasteiger partial charge in [-0.2, -0.15) is 0 Å². The number of methoxy groups -OCH3 is 1. The summed E-state index contributed by atoms with van der Waals surface area (Å²) in [6, 6.07) is 0. The van der Waals surface area contributed by atoms with Crippen molar-refractivity contribution < 1.29 is 4.74 Å². The minimum atomic E-state index is 0.413. The Labute approximate surface area is 82.9 Å². The number of rotatable bonds is 2. The Balaban J connectivity index is 2.66. The van der Waals surface area contributed by atoms with Crippen LogP contribution in [0.1, 0.15) is 47.0 Å². The molecule has 0 bridgehead atoms. The van der Waals surface area contributed by atoms with E-state index in [1.165, 1.54) is 19.3 Å². The van der Waals surface area contributed by atoms with Crippen LogP contribution in [-0.2, 0) is 4.74 Å². The fourth-order valence-electron chi connectivity index (χ4n) is 3.61. The van der Waals surface area contributed by atoms with Crippen LogP contribution in [0, 0.1) is 16.7 Å². The Morgan fingerprint density at radius 1 is 1.23 bits per heavy atom. The smallest absolute Gasteiger partial charge is 0.0516 e. The van der Waals surface area contributed by atoms with Crippen molar-refractivity contribution in [2.45, 2.75) is 47.0 Å². The average Bonchev–Trinajstić information content (AvgIpc) is 1.78. The molecular weight excluding hydrogens is 160 g/mol. The van der Waals surface area contributed by atoms with Crippen molar-refractivity contribution in [2.24, 2.45) is 16.7 Å². The van der Waals surface area contributed by atoms with Gasteiger partial charge in [0.1, 0.15) is 0 Å². The molecule has 0 heterocycles. The topological polar surface area (TPSA) is 9.23 Å². The first-order chi connectivity index (χ1) is 5.87. The maximum absolute atomic E-state index is 5.33. The van der Waals surface area contributed by atoms with Crippen LogP contribution in [0.5, 0.6) is 0 Å². The summed E-state index contributed by atoms with van der Waals surface area (Å²) >= 11 is 0. The van der Waals surface area contributed by atoms with Gasteiger partial charge in [0.15, 0.2) is 0 Å². The van der Waals surface area contributed by atoms with Gasteiger partial charge in [-0.15, -0.1) is 0 Å². The number of hydrogen-bond acceptors (Lipinski definition) is 1. The third-order valence-electron chi connectivity index (χ3n) is 3.14. The van der Waals surface area contributed by atoms with Crippen molar-refractivity contribution in [3.8, 4) is 0 Å². The molecule has 0 aromatic heterocycles. The quantitative estimate of drug-likeness (QED) is 0.638. The van der Waals surface area contributed by atoms with E-state index in [1.807, 2.05) is 7.11 Å². The van der Waals surface area contributed by atoms with Gasteiger partial charge in [-0.1, -0.05) is 27.7 Å². The van der Waals surface area contributed by atoms with E-state index in [1.54, 1.807) is 0 Å².